The van der Waals surface area contributed by atoms with Gasteiger partial charge in [0.1, 0.15) is 10.8 Å². The average Bonchev–Trinajstić information content (AvgIpc) is 2.18. The van der Waals surface area contributed by atoms with Crippen LogP contribution in [0.1, 0.15) is 34.1 Å². The monoisotopic (exact) mass is 263 g/mol. The Morgan fingerprint density at radius 2 is 1.81 bits per heavy atom. The van der Waals surface area contributed by atoms with E-state index in [1.165, 1.54) is 0 Å². The zero-order valence-corrected chi connectivity index (χ0v) is 12.3. The summed E-state index contributed by atoms with van der Waals surface area (Å²) in [4.78, 5) is 0. The molecule has 1 atom stereocenters. The molecule has 94 valence electrons. The maximum Gasteiger partial charge on any atom is 0.501 e. The van der Waals surface area contributed by atoms with Gasteiger partial charge in [-0.1, -0.05) is 13.3 Å². The van der Waals surface area contributed by atoms with E-state index in [9.17, 15) is 0 Å². The van der Waals surface area contributed by atoms with Gasteiger partial charge in [-0.2, -0.15) is 5.26 Å². The molecule has 0 saturated carbocycles. The molecule has 0 N–H and O–H groups in total. The summed E-state index contributed by atoms with van der Waals surface area (Å²) in [5.74, 6) is 0. The Labute approximate surface area is 104 Å². The molecule has 0 radical (unpaired) electrons. The van der Waals surface area contributed by atoms with E-state index in [1.807, 2.05) is 26.2 Å². The second kappa shape index (κ2) is 9.02. The lowest BCUT2D eigenvalue weighted by molar-refractivity contribution is 0.0628. The van der Waals surface area contributed by atoms with E-state index in [0.717, 1.165) is 24.2 Å². The van der Waals surface area contributed by atoms with E-state index in [2.05, 4.69) is 6.92 Å². The molecule has 0 heterocycles. The van der Waals surface area contributed by atoms with Gasteiger partial charge in [-0.3, -0.25) is 0 Å². The van der Waals surface area contributed by atoms with Crippen molar-refractivity contribution >= 4 is 20.6 Å². The number of nitrogens with zero attached hydrogens (tertiary/aromatic N) is 1. The molecule has 0 aliphatic carbocycles. The van der Waals surface area contributed by atoms with Crippen molar-refractivity contribution < 1.29 is 13.3 Å². The Kier molecular flexibility index (Phi) is 8.98. The van der Waals surface area contributed by atoms with Gasteiger partial charge in [0.2, 0.25) is 0 Å². The summed E-state index contributed by atoms with van der Waals surface area (Å²) in [5.41, 5.74) is -0.207. The highest BCUT2D eigenvalue weighted by Gasteiger charge is 2.41. The third-order valence-corrected chi connectivity index (χ3v) is 5.84. The van der Waals surface area contributed by atoms with Crippen LogP contribution in [0.25, 0.3) is 0 Å². The minimum Gasteiger partial charge on any atom is -0.374 e. The van der Waals surface area contributed by atoms with Gasteiger partial charge in [-0.25, -0.2) is 0 Å². The van der Waals surface area contributed by atoms with Crippen LogP contribution < -0.4 is 0 Å². The van der Waals surface area contributed by atoms with Crippen molar-refractivity contribution in [3.05, 3.63) is 0 Å². The van der Waals surface area contributed by atoms with Crippen LogP contribution in [0.4, 0.5) is 0 Å². The molecule has 6 heteroatoms. The van der Waals surface area contributed by atoms with Crippen molar-refractivity contribution in [2.75, 3.05) is 13.2 Å². The number of thioether (sulfide) groups is 1. The summed E-state index contributed by atoms with van der Waals surface area (Å²) in [5, 5.41) is 10.6. The van der Waals surface area contributed by atoms with Gasteiger partial charge < -0.3 is 13.3 Å². The Bertz CT molecular complexity index is 206. The highest BCUT2D eigenvalue weighted by molar-refractivity contribution is 8.04. The van der Waals surface area contributed by atoms with E-state index < -0.39 is 8.80 Å². The lowest BCUT2D eigenvalue weighted by atomic mass is 10.6. The molecule has 0 amide bonds. The summed E-state index contributed by atoms with van der Waals surface area (Å²) in [6, 6.07) is 0.797. The van der Waals surface area contributed by atoms with Crippen molar-refractivity contribution in [1.29, 1.82) is 5.26 Å². The van der Waals surface area contributed by atoms with E-state index >= 15 is 0 Å². The van der Waals surface area contributed by atoms with Gasteiger partial charge in [0.15, 0.2) is 0 Å². The SMILES string of the molecule is CCC[Si](OCC)(OCC)OC(C)SC#N. The normalized spacial score (nSPS) is 13.4. The third kappa shape index (κ3) is 5.87. The standard InChI is InChI=1S/C10H21NO3SSi/c1-5-8-16(12-6-2,13-7-3)14-10(4)15-9-11/h10H,5-8H2,1-4H3. The van der Waals surface area contributed by atoms with Crippen LogP contribution in [0.15, 0.2) is 0 Å². The first-order chi connectivity index (χ1) is 7.64. The van der Waals surface area contributed by atoms with Crippen LogP contribution in [0.3, 0.4) is 0 Å². The van der Waals surface area contributed by atoms with Crippen molar-refractivity contribution in [3.63, 3.8) is 0 Å². The van der Waals surface area contributed by atoms with Crippen molar-refractivity contribution in [1.82, 2.24) is 0 Å². The predicted molar refractivity (Wildman–Crippen MR) is 67.9 cm³/mol. The molecule has 0 saturated heterocycles. The average molecular weight is 263 g/mol. The number of hydrogen-bond donors (Lipinski definition) is 0. The van der Waals surface area contributed by atoms with Gasteiger partial charge in [0, 0.05) is 19.3 Å². The van der Waals surface area contributed by atoms with E-state index in [1.54, 1.807) is 0 Å². The van der Waals surface area contributed by atoms with Crippen LogP contribution in [0.5, 0.6) is 0 Å². The smallest absolute Gasteiger partial charge is 0.374 e. The van der Waals surface area contributed by atoms with Crippen molar-refractivity contribution in [2.45, 2.75) is 45.6 Å². The molecule has 0 fully saturated rings. The van der Waals surface area contributed by atoms with Gasteiger partial charge in [-0.15, -0.1) is 0 Å². The van der Waals surface area contributed by atoms with E-state index in [0.29, 0.717) is 13.2 Å². The van der Waals surface area contributed by atoms with Crippen LogP contribution in [0.2, 0.25) is 6.04 Å². The van der Waals surface area contributed by atoms with Crippen molar-refractivity contribution in [2.24, 2.45) is 0 Å². The Morgan fingerprint density at radius 1 is 1.25 bits per heavy atom. The molecule has 0 aliphatic rings. The number of thiocyanates is 1. The third-order valence-electron chi connectivity index (χ3n) is 1.85. The molecular weight excluding hydrogens is 242 g/mol. The molecule has 16 heavy (non-hydrogen) atoms. The van der Waals surface area contributed by atoms with Crippen molar-refractivity contribution in [3.8, 4) is 5.40 Å². The molecule has 1 unspecified atom stereocenters. The molecular formula is C10H21NO3SSi. The zero-order valence-electron chi connectivity index (χ0n) is 10.5. The molecule has 0 aliphatic heterocycles. The molecule has 0 aromatic carbocycles. The fourth-order valence-electron chi connectivity index (χ4n) is 1.41. The second-order valence-corrected chi connectivity index (χ2v) is 6.95. The summed E-state index contributed by atoms with van der Waals surface area (Å²) < 4.78 is 17.2. The van der Waals surface area contributed by atoms with Crippen LogP contribution in [0, 0.1) is 10.7 Å². The quantitative estimate of drug-likeness (QED) is 0.363. The second-order valence-electron chi connectivity index (χ2n) is 3.19. The summed E-state index contributed by atoms with van der Waals surface area (Å²) >= 11 is 1.09. The first-order valence-corrected chi connectivity index (χ1v) is 8.45. The Balaban J connectivity index is 4.52. The van der Waals surface area contributed by atoms with Gasteiger partial charge >= 0.3 is 8.80 Å². The fraction of sp³-hybridized carbons (Fsp3) is 0.900. The van der Waals surface area contributed by atoms with E-state index in [-0.39, 0.29) is 5.44 Å². The molecule has 0 aromatic rings. The van der Waals surface area contributed by atoms with E-state index in [4.69, 9.17) is 18.5 Å². The largest absolute Gasteiger partial charge is 0.501 e. The van der Waals surface area contributed by atoms with Crippen LogP contribution in [-0.2, 0) is 13.3 Å². The minimum absolute atomic E-state index is 0.207. The maximum atomic E-state index is 8.59. The lowest BCUT2D eigenvalue weighted by Gasteiger charge is -2.30. The summed E-state index contributed by atoms with van der Waals surface area (Å²) in [6.45, 7) is 8.95. The molecule has 4 nitrogen and oxygen atoms in total. The zero-order chi connectivity index (χ0) is 12.4. The van der Waals surface area contributed by atoms with Gasteiger partial charge in [0.05, 0.1) is 0 Å². The predicted octanol–water partition coefficient (Wildman–Crippen LogP) is 2.99. The first kappa shape index (κ1) is 15.9. The lowest BCUT2D eigenvalue weighted by Crippen LogP contribution is -2.47. The topological polar surface area (TPSA) is 51.5 Å². The number of rotatable bonds is 9. The Hall–Kier alpha value is -0.0631. The number of nitriles is 1. The molecule has 0 bridgehead atoms. The maximum absolute atomic E-state index is 8.59. The summed E-state index contributed by atoms with van der Waals surface area (Å²) in [6.07, 6.45) is 0.955. The minimum atomic E-state index is -2.57. The van der Waals surface area contributed by atoms with Gasteiger partial charge in [0.25, 0.3) is 0 Å². The molecule has 0 rings (SSSR count). The highest BCUT2D eigenvalue weighted by Crippen LogP contribution is 2.23. The summed E-state index contributed by atoms with van der Waals surface area (Å²) in [7, 11) is -2.57. The Morgan fingerprint density at radius 3 is 2.19 bits per heavy atom. The molecule has 0 aromatic heterocycles. The number of hydrogen-bond acceptors (Lipinski definition) is 5. The van der Waals surface area contributed by atoms with Gasteiger partial charge in [-0.05, 0) is 32.5 Å². The highest BCUT2D eigenvalue weighted by atomic mass is 32.2. The first-order valence-electron chi connectivity index (χ1n) is 5.64. The fourth-order valence-corrected chi connectivity index (χ4v) is 4.81. The van der Waals surface area contributed by atoms with Crippen LogP contribution >= 0.6 is 11.8 Å². The molecule has 0 spiro atoms. The van der Waals surface area contributed by atoms with Crippen LogP contribution in [-0.4, -0.2) is 27.5 Å².